The zero-order valence-electron chi connectivity index (χ0n) is 10.6. The monoisotopic (exact) mass is 270 g/mol. The molecule has 20 heavy (non-hydrogen) atoms. The van der Waals surface area contributed by atoms with E-state index in [9.17, 15) is 20.4 Å². The van der Waals surface area contributed by atoms with Gasteiger partial charge in [-0.15, -0.1) is 0 Å². The molecule has 2 aliphatic carbocycles. The zero-order chi connectivity index (χ0) is 14.1. The van der Waals surface area contributed by atoms with Crippen LogP contribution in [0.4, 0.5) is 0 Å². The summed E-state index contributed by atoms with van der Waals surface area (Å²) in [5, 5.41) is 41.6. The van der Waals surface area contributed by atoms with Gasteiger partial charge in [-0.2, -0.15) is 0 Å². The van der Waals surface area contributed by atoms with Gasteiger partial charge in [0.05, 0.1) is 0 Å². The lowest BCUT2D eigenvalue weighted by Crippen LogP contribution is -2.52. The molecule has 4 N–H and O–H groups in total. The Bertz CT molecular complexity index is 711. The first-order chi connectivity index (χ1) is 9.56. The Hall–Kier alpha value is -1.72. The maximum Gasteiger partial charge on any atom is 0.145 e. The second-order valence-corrected chi connectivity index (χ2v) is 5.46. The molecule has 0 saturated carbocycles. The first kappa shape index (κ1) is 12.1. The highest BCUT2D eigenvalue weighted by Crippen LogP contribution is 2.55. The Morgan fingerprint density at radius 2 is 1.55 bits per heavy atom. The van der Waals surface area contributed by atoms with E-state index < -0.39 is 23.9 Å². The van der Waals surface area contributed by atoms with Gasteiger partial charge in [-0.25, -0.2) is 0 Å². The fourth-order valence-corrected chi connectivity index (χ4v) is 3.56. The Morgan fingerprint density at radius 3 is 2.35 bits per heavy atom. The van der Waals surface area contributed by atoms with E-state index in [4.69, 9.17) is 0 Å². The number of aliphatic hydroxyl groups excluding tert-OH is 3. The molecule has 4 nitrogen and oxygen atoms in total. The molecule has 0 saturated heterocycles. The molecular weight excluding hydrogens is 256 g/mol. The van der Waals surface area contributed by atoms with Crippen molar-refractivity contribution in [2.24, 2.45) is 0 Å². The van der Waals surface area contributed by atoms with Crippen molar-refractivity contribution >= 4 is 0 Å². The van der Waals surface area contributed by atoms with Crippen LogP contribution in [0.5, 0.6) is 0 Å². The predicted molar refractivity (Wildman–Crippen MR) is 71.9 cm³/mol. The Kier molecular flexibility index (Phi) is 2.22. The van der Waals surface area contributed by atoms with E-state index in [1.165, 1.54) is 0 Å². The summed E-state index contributed by atoms with van der Waals surface area (Å²) in [5.74, 6) is 0. The first-order valence-electron chi connectivity index (χ1n) is 6.56. The number of hydrogen-bond acceptors (Lipinski definition) is 4. The summed E-state index contributed by atoms with van der Waals surface area (Å²) in [7, 11) is 0. The first-order valence-corrected chi connectivity index (χ1v) is 6.56. The van der Waals surface area contributed by atoms with Crippen molar-refractivity contribution in [2.45, 2.75) is 23.9 Å². The third-order valence-corrected chi connectivity index (χ3v) is 4.50. The second kappa shape index (κ2) is 3.68. The minimum atomic E-state index is -1.67. The van der Waals surface area contributed by atoms with Crippen LogP contribution in [0, 0.1) is 0 Å². The average Bonchev–Trinajstić information content (AvgIpc) is 2.75. The summed E-state index contributed by atoms with van der Waals surface area (Å²) in [6, 6.07) is 12.6. The molecule has 0 bridgehead atoms. The maximum absolute atomic E-state index is 11.1. The molecule has 102 valence electrons. The second-order valence-electron chi connectivity index (χ2n) is 5.46. The van der Waals surface area contributed by atoms with Crippen LogP contribution in [0.15, 0.2) is 42.5 Å². The highest BCUT2D eigenvalue weighted by Gasteiger charge is 2.56. The Labute approximate surface area is 115 Å². The van der Waals surface area contributed by atoms with Gasteiger partial charge in [0.2, 0.25) is 0 Å². The zero-order valence-corrected chi connectivity index (χ0v) is 10.6. The number of benzene rings is 2. The quantitative estimate of drug-likeness (QED) is 0.567. The summed E-state index contributed by atoms with van der Waals surface area (Å²) in [6.07, 6.45) is -4.08. The van der Waals surface area contributed by atoms with Crippen LogP contribution in [-0.2, 0) is 5.60 Å². The van der Waals surface area contributed by atoms with Crippen LogP contribution in [0.3, 0.4) is 0 Å². The van der Waals surface area contributed by atoms with Crippen LogP contribution >= 0.6 is 0 Å². The molecule has 4 atom stereocenters. The van der Waals surface area contributed by atoms with E-state index in [0.29, 0.717) is 16.7 Å². The highest BCUT2D eigenvalue weighted by molar-refractivity contribution is 5.82. The van der Waals surface area contributed by atoms with Gasteiger partial charge in [0.1, 0.15) is 23.9 Å². The third kappa shape index (κ3) is 1.16. The SMILES string of the molecule is O[C@H]1[C@H](O)c2cccc3c2[C@@](O)(c2ccccc2-3)[C@@H]1O. The van der Waals surface area contributed by atoms with Gasteiger partial charge in [0, 0.05) is 5.56 Å². The lowest BCUT2D eigenvalue weighted by atomic mass is 9.73. The third-order valence-electron chi connectivity index (χ3n) is 4.50. The van der Waals surface area contributed by atoms with E-state index in [2.05, 4.69) is 0 Å². The standard InChI is InChI=1S/C16H14O4/c17-13-10-6-3-5-9-8-4-1-2-7-11(8)16(20,12(9)10)15(19)14(13)18/h1-7,13-15,17-20H/t13-,14+,15-,16+/m1/s1. The lowest BCUT2D eigenvalue weighted by molar-refractivity contribution is -0.152. The van der Waals surface area contributed by atoms with E-state index in [0.717, 1.165) is 11.1 Å². The molecule has 0 fully saturated rings. The molecule has 2 aromatic rings. The largest absolute Gasteiger partial charge is 0.387 e. The molecule has 0 amide bonds. The molecule has 0 spiro atoms. The summed E-state index contributed by atoms with van der Waals surface area (Å²) in [4.78, 5) is 0. The normalized spacial score (nSPS) is 33.7. The summed E-state index contributed by atoms with van der Waals surface area (Å²) >= 11 is 0. The van der Waals surface area contributed by atoms with Crippen LogP contribution in [0.25, 0.3) is 11.1 Å². The Morgan fingerprint density at radius 1 is 0.850 bits per heavy atom. The van der Waals surface area contributed by atoms with Gasteiger partial charge in [-0.3, -0.25) is 0 Å². The number of rotatable bonds is 0. The molecule has 0 heterocycles. The van der Waals surface area contributed by atoms with E-state index in [1.54, 1.807) is 24.3 Å². The van der Waals surface area contributed by atoms with Crippen LogP contribution < -0.4 is 0 Å². The van der Waals surface area contributed by atoms with E-state index >= 15 is 0 Å². The van der Waals surface area contributed by atoms with Crippen LogP contribution in [-0.4, -0.2) is 32.6 Å². The molecule has 4 heteroatoms. The van der Waals surface area contributed by atoms with Crippen molar-refractivity contribution in [2.75, 3.05) is 0 Å². The summed E-state index contributed by atoms with van der Waals surface area (Å²) in [6.45, 7) is 0. The average molecular weight is 270 g/mol. The van der Waals surface area contributed by atoms with E-state index in [1.807, 2.05) is 18.2 Å². The van der Waals surface area contributed by atoms with Gasteiger partial charge in [0.25, 0.3) is 0 Å². The number of aliphatic hydroxyl groups is 4. The minimum absolute atomic E-state index is 0.471. The molecule has 2 aliphatic rings. The number of hydrogen-bond donors (Lipinski definition) is 4. The van der Waals surface area contributed by atoms with Gasteiger partial charge in [-0.05, 0) is 22.3 Å². The molecule has 4 rings (SSSR count). The summed E-state index contributed by atoms with van der Waals surface area (Å²) < 4.78 is 0. The van der Waals surface area contributed by atoms with Gasteiger partial charge >= 0.3 is 0 Å². The molecule has 2 aromatic carbocycles. The fourth-order valence-electron chi connectivity index (χ4n) is 3.56. The molecular formula is C16H14O4. The topological polar surface area (TPSA) is 80.9 Å². The molecule has 0 radical (unpaired) electrons. The Balaban J connectivity index is 2.15. The maximum atomic E-state index is 11.1. The fraction of sp³-hybridized carbons (Fsp3) is 0.250. The van der Waals surface area contributed by atoms with Crippen molar-refractivity contribution < 1.29 is 20.4 Å². The lowest BCUT2D eigenvalue weighted by Gasteiger charge is -2.41. The van der Waals surface area contributed by atoms with Crippen molar-refractivity contribution in [1.82, 2.24) is 0 Å². The smallest absolute Gasteiger partial charge is 0.145 e. The molecule has 0 aromatic heterocycles. The molecule has 0 unspecified atom stereocenters. The minimum Gasteiger partial charge on any atom is -0.387 e. The van der Waals surface area contributed by atoms with Crippen molar-refractivity contribution in [3.63, 3.8) is 0 Å². The van der Waals surface area contributed by atoms with Crippen LogP contribution in [0.1, 0.15) is 22.8 Å². The van der Waals surface area contributed by atoms with Crippen molar-refractivity contribution in [3.8, 4) is 11.1 Å². The summed E-state index contributed by atoms with van der Waals surface area (Å²) in [5.41, 5.74) is 1.51. The number of fused-ring (bicyclic) bond motifs is 3. The van der Waals surface area contributed by atoms with E-state index in [-0.39, 0.29) is 0 Å². The molecule has 0 aliphatic heterocycles. The van der Waals surface area contributed by atoms with Gasteiger partial charge in [-0.1, -0.05) is 42.5 Å². The van der Waals surface area contributed by atoms with Crippen LogP contribution in [0.2, 0.25) is 0 Å². The van der Waals surface area contributed by atoms with Crippen molar-refractivity contribution in [3.05, 3.63) is 59.2 Å². The predicted octanol–water partition coefficient (Wildman–Crippen LogP) is 0.672. The van der Waals surface area contributed by atoms with Gasteiger partial charge in [0.15, 0.2) is 0 Å². The van der Waals surface area contributed by atoms with Gasteiger partial charge < -0.3 is 20.4 Å². The highest BCUT2D eigenvalue weighted by atomic mass is 16.4. The van der Waals surface area contributed by atoms with Crippen molar-refractivity contribution in [1.29, 1.82) is 0 Å².